The Kier molecular flexibility index (Phi) is 6.09. The zero-order chi connectivity index (χ0) is 17.5. The van der Waals surface area contributed by atoms with Gasteiger partial charge in [-0.1, -0.05) is 60.7 Å². The van der Waals surface area contributed by atoms with Gasteiger partial charge < -0.3 is 10.0 Å². The highest BCUT2D eigenvalue weighted by atomic mass is 16.4. The molecule has 0 atom stereocenters. The van der Waals surface area contributed by atoms with Crippen LogP contribution in [0.5, 0.6) is 0 Å². The van der Waals surface area contributed by atoms with Gasteiger partial charge in [-0.2, -0.15) is 0 Å². The van der Waals surface area contributed by atoms with Gasteiger partial charge in [-0.3, -0.25) is 14.5 Å². The molecule has 1 N–H and O–H groups in total. The summed E-state index contributed by atoms with van der Waals surface area (Å²) in [6.07, 6.45) is 0. The molecule has 0 spiro atoms. The molecular weight excluding hydrogens is 304 g/mol. The highest BCUT2D eigenvalue weighted by Crippen LogP contribution is 2.27. The van der Waals surface area contributed by atoms with E-state index in [2.05, 4.69) is 0 Å². The third-order valence-corrected chi connectivity index (χ3v) is 3.82. The van der Waals surface area contributed by atoms with Crippen molar-refractivity contribution < 1.29 is 14.7 Å². The van der Waals surface area contributed by atoms with E-state index >= 15 is 0 Å². The Hall–Kier alpha value is -2.66. The molecule has 2 rings (SSSR count). The van der Waals surface area contributed by atoms with Crippen molar-refractivity contribution in [2.75, 3.05) is 27.2 Å². The summed E-state index contributed by atoms with van der Waals surface area (Å²) >= 11 is 0. The number of hydrogen-bond acceptors (Lipinski definition) is 3. The third kappa shape index (κ3) is 4.67. The van der Waals surface area contributed by atoms with Gasteiger partial charge in [0.05, 0.1) is 19.1 Å². The number of aliphatic carboxylic acids is 1. The molecular formula is C19H22N2O3. The van der Waals surface area contributed by atoms with E-state index < -0.39 is 5.97 Å². The van der Waals surface area contributed by atoms with Crippen molar-refractivity contribution in [3.8, 4) is 0 Å². The van der Waals surface area contributed by atoms with Gasteiger partial charge in [0.2, 0.25) is 5.91 Å². The summed E-state index contributed by atoms with van der Waals surface area (Å²) in [5, 5.41) is 8.83. The van der Waals surface area contributed by atoms with E-state index in [0.29, 0.717) is 0 Å². The third-order valence-electron chi connectivity index (χ3n) is 3.82. The summed E-state index contributed by atoms with van der Waals surface area (Å²) in [7, 11) is 3.38. The van der Waals surface area contributed by atoms with Crippen molar-refractivity contribution in [3.63, 3.8) is 0 Å². The van der Waals surface area contributed by atoms with Gasteiger partial charge in [-0.15, -0.1) is 0 Å². The van der Waals surface area contributed by atoms with E-state index in [9.17, 15) is 9.59 Å². The molecule has 0 aliphatic heterocycles. The van der Waals surface area contributed by atoms with Crippen LogP contribution in [0.3, 0.4) is 0 Å². The Bertz CT molecular complexity index is 634. The topological polar surface area (TPSA) is 60.9 Å². The van der Waals surface area contributed by atoms with Crippen LogP contribution in [0.1, 0.15) is 17.2 Å². The van der Waals surface area contributed by atoms with E-state index in [4.69, 9.17) is 5.11 Å². The number of carboxylic acid groups (broad SMARTS) is 1. The first-order valence-corrected chi connectivity index (χ1v) is 7.75. The molecule has 5 heteroatoms. The highest BCUT2D eigenvalue weighted by molar-refractivity contribution is 5.79. The molecule has 0 aliphatic rings. The first-order valence-electron chi connectivity index (χ1n) is 7.75. The number of carboxylic acids is 1. The van der Waals surface area contributed by atoms with Gasteiger partial charge >= 0.3 is 5.97 Å². The molecule has 0 bridgehead atoms. The number of amides is 1. The number of benzene rings is 2. The lowest BCUT2D eigenvalue weighted by Crippen LogP contribution is -2.40. The van der Waals surface area contributed by atoms with Crippen LogP contribution in [0, 0.1) is 0 Å². The predicted molar refractivity (Wildman–Crippen MR) is 92.6 cm³/mol. The minimum Gasteiger partial charge on any atom is -0.480 e. The second-order valence-corrected chi connectivity index (χ2v) is 5.79. The van der Waals surface area contributed by atoms with Crippen LogP contribution in [0.4, 0.5) is 0 Å². The normalized spacial score (nSPS) is 10.8. The lowest BCUT2D eigenvalue weighted by atomic mass is 9.97. The van der Waals surface area contributed by atoms with Crippen molar-refractivity contribution >= 4 is 11.9 Å². The molecule has 2 aromatic carbocycles. The first kappa shape index (κ1) is 17.7. The average Bonchev–Trinajstić information content (AvgIpc) is 2.56. The molecule has 0 aromatic heterocycles. The quantitative estimate of drug-likeness (QED) is 0.848. The van der Waals surface area contributed by atoms with Crippen LogP contribution in [-0.4, -0.2) is 54.0 Å². The van der Waals surface area contributed by atoms with E-state index in [-0.39, 0.29) is 25.0 Å². The summed E-state index contributed by atoms with van der Waals surface area (Å²) in [6.45, 7) is -0.111. The second-order valence-electron chi connectivity index (χ2n) is 5.79. The van der Waals surface area contributed by atoms with Gasteiger partial charge in [0.1, 0.15) is 0 Å². The first-order chi connectivity index (χ1) is 11.5. The number of carbonyl (C=O) groups excluding carboxylic acids is 1. The van der Waals surface area contributed by atoms with Crippen molar-refractivity contribution in [3.05, 3.63) is 71.8 Å². The number of likely N-dealkylation sites (N-methyl/N-ethyl adjacent to an activating group) is 2. The molecule has 0 fully saturated rings. The second kappa shape index (κ2) is 8.26. The Morgan fingerprint density at radius 1 is 0.875 bits per heavy atom. The lowest BCUT2D eigenvalue weighted by molar-refractivity contribution is -0.139. The van der Waals surface area contributed by atoms with E-state index in [1.807, 2.05) is 60.7 Å². The van der Waals surface area contributed by atoms with Crippen molar-refractivity contribution in [1.29, 1.82) is 0 Å². The molecule has 24 heavy (non-hydrogen) atoms. The van der Waals surface area contributed by atoms with E-state index in [0.717, 1.165) is 11.1 Å². The number of nitrogens with zero attached hydrogens (tertiary/aromatic N) is 2. The molecule has 0 heterocycles. The van der Waals surface area contributed by atoms with Gasteiger partial charge in [0, 0.05) is 7.05 Å². The summed E-state index contributed by atoms with van der Waals surface area (Å²) in [5.41, 5.74) is 2.03. The number of hydrogen-bond donors (Lipinski definition) is 1. The molecule has 0 aliphatic carbocycles. The number of carbonyl (C=O) groups is 2. The van der Waals surface area contributed by atoms with Gasteiger partial charge in [-0.25, -0.2) is 0 Å². The predicted octanol–water partition coefficient (Wildman–Crippen LogP) is 2.25. The Morgan fingerprint density at radius 2 is 1.33 bits per heavy atom. The summed E-state index contributed by atoms with van der Waals surface area (Å²) in [4.78, 5) is 26.5. The maximum absolute atomic E-state index is 12.6. The minimum absolute atomic E-state index is 0.0545. The molecule has 2 aromatic rings. The molecule has 5 nitrogen and oxygen atoms in total. The maximum atomic E-state index is 12.6. The zero-order valence-corrected chi connectivity index (χ0v) is 13.9. The lowest BCUT2D eigenvalue weighted by Gasteiger charge is -2.30. The van der Waals surface area contributed by atoms with Crippen molar-refractivity contribution in [2.24, 2.45) is 0 Å². The summed E-state index contributed by atoms with van der Waals surface area (Å²) in [5.74, 6) is -1.08. The molecule has 126 valence electrons. The van der Waals surface area contributed by atoms with Gasteiger partial charge in [0.15, 0.2) is 0 Å². The smallest absolute Gasteiger partial charge is 0.317 e. The summed E-state index contributed by atoms with van der Waals surface area (Å²) < 4.78 is 0. The van der Waals surface area contributed by atoms with E-state index in [1.54, 1.807) is 19.0 Å². The Morgan fingerprint density at radius 3 is 1.75 bits per heavy atom. The fourth-order valence-corrected chi connectivity index (χ4v) is 2.68. The monoisotopic (exact) mass is 326 g/mol. The van der Waals surface area contributed by atoms with Crippen LogP contribution in [0.15, 0.2) is 60.7 Å². The maximum Gasteiger partial charge on any atom is 0.317 e. The average molecular weight is 326 g/mol. The van der Waals surface area contributed by atoms with Crippen LogP contribution < -0.4 is 0 Å². The zero-order valence-electron chi connectivity index (χ0n) is 13.9. The largest absolute Gasteiger partial charge is 0.480 e. The highest BCUT2D eigenvalue weighted by Gasteiger charge is 2.24. The van der Waals surface area contributed by atoms with Gasteiger partial charge in [0.25, 0.3) is 0 Å². The van der Waals surface area contributed by atoms with Crippen molar-refractivity contribution in [1.82, 2.24) is 9.80 Å². The van der Waals surface area contributed by atoms with Crippen LogP contribution in [-0.2, 0) is 9.59 Å². The minimum atomic E-state index is -0.948. The molecule has 0 saturated heterocycles. The molecule has 0 saturated carbocycles. The van der Waals surface area contributed by atoms with E-state index in [1.165, 1.54) is 4.90 Å². The van der Waals surface area contributed by atoms with Crippen LogP contribution >= 0.6 is 0 Å². The SMILES string of the molecule is CN(CC(=O)O)CC(=O)N(C)C(c1ccccc1)c1ccccc1. The fraction of sp³-hybridized carbons (Fsp3) is 0.263. The Balaban J connectivity index is 2.24. The van der Waals surface area contributed by atoms with Crippen molar-refractivity contribution in [2.45, 2.75) is 6.04 Å². The van der Waals surface area contributed by atoms with Crippen LogP contribution in [0.2, 0.25) is 0 Å². The van der Waals surface area contributed by atoms with Gasteiger partial charge in [-0.05, 0) is 18.2 Å². The fourth-order valence-electron chi connectivity index (χ4n) is 2.68. The molecule has 0 radical (unpaired) electrons. The molecule has 0 unspecified atom stereocenters. The number of rotatable bonds is 7. The molecule has 1 amide bonds. The standard InChI is InChI=1S/C19H22N2O3/c1-20(14-18(23)24)13-17(22)21(2)19(15-9-5-3-6-10-15)16-11-7-4-8-12-16/h3-12,19H,13-14H2,1-2H3,(H,23,24). The Labute approximate surface area is 142 Å². The summed E-state index contributed by atoms with van der Waals surface area (Å²) in [6, 6.07) is 19.4. The van der Waals surface area contributed by atoms with Crippen LogP contribution in [0.25, 0.3) is 0 Å².